The summed E-state index contributed by atoms with van der Waals surface area (Å²) in [4.78, 5) is 0. The molecular weight excluding hydrogens is 340 g/mol. The van der Waals surface area contributed by atoms with E-state index in [1.165, 1.54) is 0 Å². The Hall–Kier alpha value is -1.45. The standard InChI is InChI=1S/C16H22BF3O5/c1-6-21-9-22-11-7-10(18)8-12(23-14(19)20)13(11)17-24-15(2,3)16(4,5)25-17/h7-8,14H,6,9H2,1-5H3. The first kappa shape index (κ1) is 19.9. The van der Waals surface area contributed by atoms with E-state index < -0.39 is 36.5 Å². The zero-order chi connectivity index (χ0) is 18.8. The van der Waals surface area contributed by atoms with Crippen LogP contribution in [-0.4, -0.2) is 38.3 Å². The average molecular weight is 362 g/mol. The van der Waals surface area contributed by atoms with Crippen molar-refractivity contribution in [3.63, 3.8) is 0 Å². The van der Waals surface area contributed by atoms with Crippen LogP contribution >= 0.6 is 0 Å². The smallest absolute Gasteiger partial charge is 0.468 e. The van der Waals surface area contributed by atoms with Gasteiger partial charge >= 0.3 is 13.7 Å². The second-order valence-electron chi connectivity index (χ2n) is 6.54. The Kier molecular flexibility index (Phi) is 5.91. The van der Waals surface area contributed by atoms with E-state index in [1.807, 2.05) is 27.7 Å². The molecule has 1 heterocycles. The molecule has 5 nitrogen and oxygen atoms in total. The lowest BCUT2D eigenvalue weighted by Gasteiger charge is -2.32. The quantitative estimate of drug-likeness (QED) is 0.424. The lowest BCUT2D eigenvalue weighted by molar-refractivity contribution is -0.0496. The van der Waals surface area contributed by atoms with Gasteiger partial charge in [0.25, 0.3) is 0 Å². The van der Waals surface area contributed by atoms with E-state index in [9.17, 15) is 13.2 Å². The predicted molar refractivity (Wildman–Crippen MR) is 85.9 cm³/mol. The van der Waals surface area contributed by atoms with Crippen LogP contribution in [-0.2, 0) is 14.0 Å². The summed E-state index contributed by atoms with van der Waals surface area (Å²) in [5.41, 5.74) is -1.38. The molecule has 0 N–H and O–H groups in total. The molecule has 2 rings (SSSR count). The van der Waals surface area contributed by atoms with Gasteiger partial charge in [0.05, 0.1) is 16.7 Å². The van der Waals surface area contributed by atoms with Crippen molar-refractivity contribution in [3.8, 4) is 11.5 Å². The van der Waals surface area contributed by atoms with E-state index in [2.05, 4.69) is 4.74 Å². The first-order valence-corrected chi connectivity index (χ1v) is 7.92. The Balaban J connectivity index is 2.45. The molecule has 1 aliphatic rings. The van der Waals surface area contributed by atoms with Crippen LogP contribution in [0.25, 0.3) is 0 Å². The van der Waals surface area contributed by atoms with Crippen LogP contribution in [0.15, 0.2) is 12.1 Å². The third kappa shape index (κ3) is 4.40. The van der Waals surface area contributed by atoms with Crippen LogP contribution in [0.2, 0.25) is 0 Å². The van der Waals surface area contributed by atoms with Gasteiger partial charge in [0.1, 0.15) is 17.3 Å². The van der Waals surface area contributed by atoms with Gasteiger partial charge in [-0.3, -0.25) is 0 Å². The summed E-state index contributed by atoms with van der Waals surface area (Å²) in [6.07, 6.45) is 0. The molecule has 0 atom stereocenters. The normalized spacial score (nSPS) is 18.7. The summed E-state index contributed by atoms with van der Waals surface area (Å²) in [5, 5.41) is 0. The van der Waals surface area contributed by atoms with Gasteiger partial charge in [0, 0.05) is 18.7 Å². The van der Waals surface area contributed by atoms with Crippen molar-refractivity contribution in [3.05, 3.63) is 17.9 Å². The summed E-state index contributed by atoms with van der Waals surface area (Å²) in [5.74, 6) is -1.23. The van der Waals surface area contributed by atoms with Crippen LogP contribution < -0.4 is 14.9 Å². The Morgan fingerprint density at radius 2 is 1.64 bits per heavy atom. The molecule has 1 fully saturated rings. The van der Waals surface area contributed by atoms with E-state index in [0.717, 1.165) is 12.1 Å². The summed E-state index contributed by atoms with van der Waals surface area (Å²) >= 11 is 0. The lowest BCUT2D eigenvalue weighted by Crippen LogP contribution is -2.41. The van der Waals surface area contributed by atoms with Crippen molar-refractivity contribution in [2.24, 2.45) is 0 Å². The van der Waals surface area contributed by atoms with Crippen LogP contribution in [0.3, 0.4) is 0 Å². The maximum Gasteiger partial charge on any atom is 0.502 e. The van der Waals surface area contributed by atoms with Gasteiger partial charge in [-0.15, -0.1) is 0 Å². The highest BCUT2D eigenvalue weighted by atomic mass is 19.3. The van der Waals surface area contributed by atoms with E-state index in [4.69, 9.17) is 18.8 Å². The number of ether oxygens (including phenoxy) is 3. The maximum absolute atomic E-state index is 13.8. The summed E-state index contributed by atoms with van der Waals surface area (Å²) < 4.78 is 66.0. The Morgan fingerprint density at radius 1 is 1.08 bits per heavy atom. The zero-order valence-electron chi connectivity index (χ0n) is 14.9. The highest BCUT2D eigenvalue weighted by Crippen LogP contribution is 2.38. The third-order valence-corrected chi connectivity index (χ3v) is 4.28. The molecule has 0 aliphatic carbocycles. The monoisotopic (exact) mass is 362 g/mol. The van der Waals surface area contributed by atoms with Gasteiger partial charge in [-0.1, -0.05) is 0 Å². The average Bonchev–Trinajstić information content (AvgIpc) is 2.66. The molecule has 0 saturated carbocycles. The highest BCUT2D eigenvalue weighted by molar-refractivity contribution is 6.64. The minimum absolute atomic E-state index is 0.0393. The van der Waals surface area contributed by atoms with Gasteiger partial charge in [-0.05, 0) is 34.6 Å². The second kappa shape index (κ2) is 7.43. The molecule has 0 unspecified atom stereocenters. The van der Waals surface area contributed by atoms with Crippen molar-refractivity contribution >= 4 is 12.6 Å². The van der Waals surface area contributed by atoms with Gasteiger partial charge in [-0.2, -0.15) is 8.78 Å². The van der Waals surface area contributed by atoms with E-state index >= 15 is 0 Å². The predicted octanol–water partition coefficient (Wildman–Crippen LogP) is 3.10. The number of halogens is 3. The van der Waals surface area contributed by atoms with Crippen LogP contribution in [0, 0.1) is 5.82 Å². The Labute approximate surface area is 145 Å². The van der Waals surface area contributed by atoms with Crippen molar-refractivity contribution < 1.29 is 36.7 Å². The van der Waals surface area contributed by atoms with Gasteiger partial charge < -0.3 is 23.5 Å². The molecule has 25 heavy (non-hydrogen) atoms. The molecule has 9 heteroatoms. The summed E-state index contributed by atoms with van der Waals surface area (Å²) in [7, 11) is -1.06. The van der Waals surface area contributed by atoms with E-state index in [0.29, 0.717) is 6.61 Å². The largest absolute Gasteiger partial charge is 0.502 e. The molecule has 1 aromatic carbocycles. The Morgan fingerprint density at radius 3 is 2.16 bits per heavy atom. The summed E-state index contributed by atoms with van der Waals surface area (Å²) in [6.45, 7) is 6.06. The Bertz CT molecular complexity index is 594. The van der Waals surface area contributed by atoms with Gasteiger partial charge in [-0.25, -0.2) is 4.39 Å². The highest BCUT2D eigenvalue weighted by Gasteiger charge is 2.53. The molecular formula is C16H22BF3O5. The summed E-state index contributed by atoms with van der Waals surface area (Å²) in [6, 6.07) is 1.90. The first-order chi connectivity index (χ1) is 11.6. The number of hydrogen-bond donors (Lipinski definition) is 0. The molecule has 0 bridgehead atoms. The molecule has 0 radical (unpaired) electrons. The van der Waals surface area contributed by atoms with Crippen LogP contribution in [0.4, 0.5) is 13.2 Å². The van der Waals surface area contributed by atoms with Crippen LogP contribution in [0.5, 0.6) is 11.5 Å². The fraction of sp³-hybridized carbons (Fsp3) is 0.625. The van der Waals surface area contributed by atoms with Crippen molar-refractivity contribution in [1.82, 2.24) is 0 Å². The lowest BCUT2D eigenvalue weighted by atomic mass is 9.77. The topological polar surface area (TPSA) is 46.2 Å². The molecule has 1 aromatic rings. The third-order valence-electron chi connectivity index (χ3n) is 4.28. The van der Waals surface area contributed by atoms with Crippen LogP contribution in [0.1, 0.15) is 34.6 Å². The molecule has 140 valence electrons. The SMILES string of the molecule is CCOCOc1cc(F)cc(OC(F)F)c1B1OC(C)(C)C(C)(C)O1. The molecule has 0 aromatic heterocycles. The van der Waals surface area contributed by atoms with Crippen molar-refractivity contribution in [1.29, 1.82) is 0 Å². The van der Waals surface area contributed by atoms with E-state index in [-0.39, 0.29) is 18.0 Å². The fourth-order valence-corrected chi connectivity index (χ4v) is 2.26. The zero-order valence-corrected chi connectivity index (χ0v) is 14.9. The second-order valence-corrected chi connectivity index (χ2v) is 6.54. The molecule has 0 spiro atoms. The number of benzene rings is 1. The van der Waals surface area contributed by atoms with Gasteiger partial charge in [0.15, 0.2) is 6.79 Å². The van der Waals surface area contributed by atoms with Crippen molar-refractivity contribution in [2.45, 2.75) is 52.4 Å². The minimum atomic E-state index is -3.14. The fourth-order valence-electron chi connectivity index (χ4n) is 2.26. The maximum atomic E-state index is 13.8. The van der Waals surface area contributed by atoms with Crippen molar-refractivity contribution in [2.75, 3.05) is 13.4 Å². The van der Waals surface area contributed by atoms with Gasteiger partial charge in [0.2, 0.25) is 0 Å². The molecule has 0 amide bonds. The first-order valence-electron chi connectivity index (χ1n) is 7.92. The molecule has 1 saturated heterocycles. The van der Waals surface area contributed by atoms with E-state index in [1.54, 1.807) is 6.92 Å². The molecule has 1 aliphatic heterocycles. The number of rotatable bonds is 7. The number of alkyl halides is 2. The minimum Gasteiger partial charge on any atom is -0.468 e. The number of hydrogen-bond acceptors (Lipinski definition) is 5.